The van der Waals surface area contributed by atoms with Crippen molar-refractivity contribution >= 4 is 27.5 Å². The number of ether oxygens (including phenoxy) is 2. The maximum absolute atomic E-state index is 13.1. The van der Waals surface area contributed by atoms with E-state index in [1.807, 2.05) is 0 Å². The van der Waals surface area contributed by atoms with Crippen LogP contribution in [0.3, 0.4) is 0 Å². The summed E-state index contributed by atoms with van der Waals surface area (Å²) in [5.41, 5.74) is 0.899. The van der Waals surface area contributed by atoms with E-state index < -0.39 is 15.9 Å². The molecule has 32 heavy (non-hydrogen) atoms. The summed E-state index contributed by atoms with van der Waals surface area (Å²) in [4.78, 5) is 27.4. The number of nitrogens with zero attached hydrogens (tertiary/aromatic N) is 2. The lowest BCUT2D eigenvalue weighted by Crippen LogP contribution is -2.41. The second kappa shape index (κ2) is 9.78. The number of benzene rings is 2. The summed E-state index contributed by atoms with van der Waals surface area (Å²) >= 11 is 0. The number of amides is 2. The van der Waals surface area contributed by atoms with E-state index in [4.69, 9.17) is 9.47 Å². The molecular formula is C22H25N3O6S. The van der Waals surface area contributed by atoms with Crippen LogP contribution in [0.25, 0.3) is 0 Å². The minimum Gasteiger partial charge on any atom is -0.379 e. The lowest BCUT2D eigenvalue weighted by molar-refractivity contribution is 0.0303. The first-order valence-electron chi connectivity index (χ1n) is 10.4. The van der Waals surface area contributed by atoms with E-state index in [0.717, 1.165) is 0 Å². The fourth-order valence-corrected chi connectivity index (χ4v) is 5.28. The molecule has 2 aromatic carbocycles. The van der Waals surface area contributed by atoms with Gasteiger partial charge in [-0.15, -0.1) is 0 Å². The molecule has 0 bridgehead atoms. The quantitative estimate of drug-likeness (QED) is 0.725. The molecule has 170 valence electrons. The van der Waals surface area contributed by atoms with Crippen molar-refractivity contribution in [2.75, 3.05) is 57.9 Å². The Labute approximate surface area is 187 Å². The Morgan fingerprint density at radius 2 is 1.50 bits per heavy atom. The first-order chi connectivity index (χ1) is 15.5. The molecule has 2 saturated heterocycles. The molecule has 0 unspecified atom stereocenters. The molecule has 0 radical (unpaired) electrons. The Morgan fingerprint density at radius 3 is 2.22 bits per heavy atom. The number of hydrogen-bond acceptors (Lipinski definition) is 6. The van der Waals surface area contributed by atoms with Crippen molar-refractivity contribution in [1.29, 1.82) is 0 Å². The van der Waals surface area contributed by atoms with Crippen LogP contribution in [-0.2, 0) is 19.5 Å². The Balaban J connectivity index is 1.54. The topological polar surface area (TPSA) is 105 Å². The maximum atomic E-state index is 13.1. The highest BCUT2D eigenvalue weighted by Gasteiger charge is 2.30. The van der Waals surface area contributed by atoms with Gasteiger partial charge in [-0.3, -0.25) is 9.59 Å². The molecule has 0 atom stereocenters. The fourth-order valence-electron chi connectivity index (χ4n) is 3.68. The summed E-state index contributed by atoms with van der Waals surface area (Å²) in [5.74, 6) is -0.701. The fraction of sp³-hybridized carbons (Fsp3) is 0.364. The van der Waals surface area contributed by atoms with E-state index in [-0.39, 0.29) is 29.5 Å². The van der Waals surface area contributed by atoms with Crippen molar-refractivity contribution in [3.63, 3.8) is 0 Å². The van der Waals surface area contributed by atoms with Gasteiger partial charge >= 0.3 is 0 Å². The standard InChI is InChI=1S/C22H25N3O6S/c26-21(19-6-1-2-7-20(19)32(28,29)25-10-14-31-15-11-25)23-18-5-3-4-17(16-18)22(27)24-8-12-30-13-9-24/h1-7,16H,8-15H2,(H,23,26). The van der Waals surface area contributed by atoms with Gasteiger partial charge in [0, 0.05) is 37.4 Å². The van der Waals surface area contributed by atoms with E-state index in [0.29, 0.717) is 50.8 Å². The van der Waals surface area contributed by atoms with E-state index in [1.54, 1.807) is 41.3 Å². The second-order valence-electron chi connectivity index (χ2n) is 7.45. The molecule has 2 aliphatic heterocycles. The first kappa shape index (κ1) is 22.4. The van der Waals surface area contributed by atoms with Gasteiger partial charge in [-0.25, -0.2) is 8.42 Å². The lowest BCUT2D eigenvalue weighted by atomic mass is 10.1. The largest absolute Gasteiger partial charge is 0.379 e. The third kappa shape index (κ3) is 4.83. The van der Waals surface area contributed by atoms with E-state index in [1.165, 1.54) is 16.4 Å². The van der Waals surface area contributed by atoms with Crippen molar-refractivity contribution in [2.24, 2.45) is 0 Å². The van der Waals surface area contributed by atoms with Gasteiger partial charge in [0.1, 0.15) is 0 Å². The smallest absolute Gasteiger partial charge is 0.257 e. The molecule has 0 aromatic heterocycles. The van der Waals surface area contributed by atoms with Gasteiger partial charge in [0.25, 0.3) is 11.8 Å². The van der Waals surface area contributed by atoms with Gasteiger partial charge in [0.05, 0.1) is 36.9 Å². The third-order valence-corrected chi connectivity index (χ3v) is 7.34. The number of morpholine rings is 2. The monoisotopic (exact) mass is 459 g/mol. The minimum absolute atomic E-state index is 0.0453. The highest BCUT2D eigenvalue weighted by Crippen LogP contribution is 2.23. The van der Waals surface area contributed by atoms with Crippen LogP contribution in [0.15, 0.2) is 53.4 Å². The zero-order valence-corrected chi connectivity index (χ0v) is 18.3. The van der Waals surface area contributed by atoms with E-state index >= 15 is 0 Å². The van der Waals surface area contributed by atoms with Crippen molar-refractivity contribution < 1.29 is 27.5 Å². The number of nitrogens with one attached hydrogen (secondary N) is 1. The normalized spacial score (nSPS) is 17.7. The third-order valence-electron chi connectivity index (χ3n) is 5.39. The molecule has 1 N–H and O–H groups in total. The van der Waals surface area contributed by atoms with Gasteiger partial charge in [0.15, 0.2) is 0 Å². The van der Waals surface area contributed by atoms with Crippen LogP contribution in [0, 0.1) is 0 Å². The zero-order valence-electron chi connectivity index (χ0n) is 17.5. The second-order valence-corrected chi connectivity index (χ2v) is 9.36. The van der Waals surface area contributed by atoms with Crippen LogP contribution < -0.4 is 5.32 Å². The Kier molecular flexibility index (Phi) is 6.85. The van der Waals surface area contributed by atoms with Gasteiger partial charge < -0.3 is 19.7 Å². The number of carbonyl (C=O) groups excluding carboxylic acids is 2. The molecule has 4 rings (SSSR count). The highest BCUT2D eigenvalue weighted by atomic mass is 32.2. The molecular weight excluding hydrogens is 434 g/mol. The molecule has 0 aliphatic carbocycles. The average Bonchev–Trinajstić information content (AvgIpc) is 2.85. The van der Waals surface area contributed by atoms with E-state index in [9.17, 15) is 18.0 Å². The van der Waals surface area contributed by atoms with Crippen LogP contribution in [0.2, 0.25) is 0 Å². The molecule has 2 aliphatic rings. The Bertz CT molecular complexity index is 1090. The van der Waals surface area contributed by atoms with Crippen molar-refractivity contribution in [3.05, 3.63) is 59.7 Å². The Morgan fingerprint density at radius 1 is 0.844 bits per heavy atom. The summed E-state index contributed by atoms with van der Waals surface area (Å²) < 4.78 is 38.1. The molecule has 2 fully saturated rings. The van der Waals surface area contributed by atoms with Crippen molar-refractivity contribution in [3.8, 4) is 0 Å². The number of carbonyl (C=O) groups is 2. The zero-order chi connectivity index (χ0) is 22.6. The van der Waals surface area contributed by atoms with Crippen LogP contribution in [0.1, 0.15) is 20.7 Å². The van der Waals surface area contributed by atoms with Crippen molar-refractivity contribution in [2.45, 2.75) is 4.90 Å². The van der Waals surface area contributed by atoms with Gasteiger partial charge in [-0.05, 0) is 30.3 Å². The van der Waals surface area contributed by atoms with Crippen LogP contribution in [0.5, 0.6) is 0 Å². The van der Waals surface area contributed by atoms with Gasteiger partial charge in [-0.2, -0.15) is 4.31 Å². The predicted octanol–water partition coefficient (Wildman–Crippen LogP) is 1.43. The van der Waals surface area contributed by atoms with Gasteiger partial charge in [-0.1, -0.05) is 18.2 Å². The lowest BCUT2D eigenvalue weighted by Gasteiger charge is -2.27. The summed E-state index contributed by atoms with van der Waals surface area (Å²) in [5, 5.41) is 2.73. The van der Waals surface area contributed by atoms with Crippen molar-refractivity contribution in [1.82, 2.24) is 9.21 Å². The highest BCUT2D eigenvalue weighted by molar-refractivity contribution is 7.89. The molecule has 9 nitrogen and oxygen atoms in total. The minimum atomic E-state index is -3.85. The summed E-state index contributed by atoms with van der Waals surface area (Å²) in [6.07, 6.45) is 0. The molecule has 2 heterocycles. The van der Waals surface area contributed by atoms with Crippen LogP contribution in [0.4, 0.5) is 5.69 Å². The average molecular weight is 460 g/mol. The number of rotatable bonds is 5. The van der Waals surface area contributed by atoms with Gasteiger partial charge in [0.2, 0.25) is 10.0 Å². The first-order valence-corrected chi connectivity index (χ1v) is 11.9. The van der Waals surface area contributed by atoms with Crippen LogP contribution in [-0.4, -0.2) is 82.0 Å². The van der Waals surface area contributed by atoms with E-state index in [2.05, 4.69) is 5.32 Å². The molecule has 0 saturated carbocycles. The predicted molar refractivity (Wildman–Crippen MR) is 117 cm³/mol. The van der Waals surface area contributed by atoms with Crippen LogP contribution >= 0.6 is 0 Å². The summed E-state index contributed by atoms with van der Waals surface area (Å²) in [7, 11) is -3.85. The Hall–Kier alpha value is -2.79. The summed E-state index contributed by atoms with van der Waals surface area (Å²) in [6.45, 7) is 3.14. The molecule has 0 spiro atoms. The number of anilines is 1. The number of hydrogen-bond donors (Lipinski definition) is 1. The number of sulfonamides is 1. The SMILES string of the molecule is O=C(Nc1cccc(C(=O)N2CCOCC2)c1)c1ccccc1S(=O)(=O)N1CCOCC1. The molecule has 10 heteroatoms. The maximum Gasteiger partial charge on any atom is 0.257 e. The molecule has 2 aromatic rings. The molecule has 2 amide bonds. The summed E-state index contributed by atoms with van der Waals surface area (Å²) in [6, 6.07) is 12.7.